The molecule has 0 unspecified atom stereocenters. The second-order valence-corrected chi connectivity index (χ2v) is 7.29. The van der Waals surface area contributed by atoms with Crippen molar-refractivity contribution < 1.29 is 9.18 Å². The van der Waals surface area contributed by atoms with Crippen LogP contribution in [-0.2, 0) is 17.6 Å². The molecule has 0 fully saturated rings. The van der Waals surface area contributed by atoms with Crippen LogP contribution in [-0.4, -0.2) is 10.9 Å². The molecule has 0 aliphatic heterocycles. The molecule has 6 heteroatoms. The lowest BCUT2D eigenvalue weighted by molar-refractivity contribution is -0.115. The molecule has 3 rings (SSSR count). The molecule has 0 atom stereocenters. The molecule has 130 valence electrons. The van der Waals surface area contributed by atoms with Crippen LogP contribution in [0.15, 0.2) is 36.4 Å². The van der Waals surface area contributed by atoms with Crippen LogP contribution in [0.3, 0.4) is 0 Å². The summed E-state index contributed by atoms with van der Waals surface area (Å²) in [6.07, 6.45) is 3.22. The number of unbranched alkanes of at least 4 members (excludes halogenated alkanes) is 1. The number of halogens is 2. The second-order valence-electron chi connectivity index (χ2n) is 5.85. The summed E-state index contributed by atoms with van der Waals surface area (Å²) in [5.41, 5.74) is 2.32. The average Bonchev–Trinajstić information content (AvgIpc) is 2.97. The summed E-state index contributed by atoms with van der Waals surface area (Å²) < 4.78 is 14.8. The molecule has 3 nitrogen and oxygen atoms in total. The van der Waals surface area contributed by atoms with Gasteiger partial charge in [-0.25, -0.2) is 9.37 Å². The van der Waals surface area contributed by atoms with Gasteiger partial charge in [0.25, 0.3) is 0 Å². The third kappa shape index (κ3) is 4.35. The normalized spacial score (nSPS) is 11.0. The van der Waals surface area contributed by atoms with E-state index in [1.54, 1.807) is 6.07 Å². The molecule has 0 aliphatic rings. The number of carbonyl (C=O) groups excluding carboxylic acids is 1. The van der Waals surface area contributed by atoms with Crippen LogP contribution in [0.1, 0.15) is 30.9 Å². The Labute approximate surface area is 154 Å². The van der Waals surface area contributed by atoms with Crippen LogP contribution in [0.25, 0.3) is 10.2 Å². The highest BCUT2D eigenvalue weighted by Gasteiger charge is 2.14. The number of anilines is 1. The summed E-state index contributed by atoms with van der Waals surface area (Å²) in [7, 11) is 0. The highest BCUT2D eigenvalue weighted by atomic mass is 35.5. The van der Waals surface area contributed by atoms with Gasteiger partial charge in [-0.05, 0) is 42.7 Å². The van der Waals surface area contributed by atoms with Crippen molar-refractivity contribution >= 4 is 44.2 Å². The monoisotopic (exact) mass is 376 g/mol. The van der Waals surface area contributed by atoms with Crippen LogP contribution >= 0.6 is 22.9 Å². The first-order valence-electron chi connectivity index (χ1n) is 8.19. The van der Waals surface area contributed by atoms with Gasteiger partial charge in [0.05, 0.1) is 16.6 Å². The van der Waals surface area contributed by atoms with Crippen molar-refractivity contribution in [2.45, 2.75) is 32.6 Å². The predicted octanol–water partition coefficient (Wildman–Crippen LogP) is 5.61. The number of nitrogens with zero attached hydrogens (tertiary/aromatic N) is 1. The molecular formula is C19H18ClFN2OS. The Morgan fingerprint density at radius 3 is 2.92 bits per heavy atom. The SMILES string of the molecule is CCCCc1ccc2nc(NC(=O)Cc3c(F)cccc3Cl)sc2c1. The topological polar surface area (TPSA) is 42.0 Å². The molecule has 1 amide bonds. The molecule has 0 bridgehead atoms. The lowest BCUT2D eigenvalue weighted by Crippen LogP contribution is -2.15. The van der Waals surface area contributed by atoms with Crippen molar-refractivity contribution in [2.24, 2.45) is 0 Å². The zero-order valence-electron chi connectivity index (χ0n) is 13.8. The molecule has 2 aromatic carbocycles. The smallest absolute Gasteiger partial charge is 0.230 e. The van der Waals surface area contributed by atoms with Crippen molar-refractivity contribution in [2.75, 3.05) is 5.32 Å². The minimum atomic E-state index is -0.479. The predicted molar refractivity (Wildman–Crippen MR) is 102 cm³/mol. The molecule has 0 aliphatic carbocycles. The number of benzene rings is 2. The van der Waals surface area contributed by atoms with E-state index >= 15 is 0 Å². The van der Waals surface area contributed by atoms with E-state index in [0.717, 1.165) is 29.5 Å². The minimum Gasteiger partial charge on any atom is -0.302 e. The molecule has 1 heterocycles. The fraction of sp³-hybridized carbons (Fsp3) is 0.263. The number of fused-ring (bicyclic) bond motifs is 1. The number of aryl methyl sites for hydroxylation is 1. The Kier molecular flexibility index (Phi) is 5.66. The first-order valence-corrected chi connectivity index (χ1v) is 9.38. The van der Waals surface area contributed by atoms with Gasteiger partial charge in [-0.2, -0.15) is 0 Å². The summed E-state index contributed by atoms with van der Waals surface area (Å²) in [6, 6.07) is 10.5. The molecule has 0 saturated carbocycles. The Hall–Kier alpha value is -1.98. The van der Waals surface area contributed by atoms with Gasteiger partial charge in [0, 0.05) is 10.6 Å². The van der Waals surface area contributed by atoms with Crippen molar-refractivity contribution in [1.29, 1.82) is 0 Å². The number of thiazole rings is 1. The van der Waals surface area contributed by atoms with Crippen molar-refractivity contribution in [3.63, 3.8) is 0 Å². The number of amides is 1. The second kappa shape index (κ2) is 7.93. The minimum absolute atomic E-state index is 0.122. The molecule has 0 radical (unpaired) electrons. The van der Waals surface area contributed by atoms with Gasteiger partial charge in [-0.1, -0.05) is 48.4 Å². The molecular weight excluding hydrogens is 359 g/mol. The maximum Gasteiger partial charge on any atom is 0.230 e. The highest BCUT2D eigenvalue weighted by molar-refractivity contribution is 7.22. The third-order valence-corrected chi connectivity index (χ3v) is 5.20. The Morgan fingerprint density at radius 2 is 2.16 bits per heavy atom. The van der Waals surface area contributed by atoms with Gasteiger partial charge >= 0.3 is 0 Å². The zero-order chi connectivity index (χ0) is 17.8. The first-order chi connectivity index (χ1) is 12.1. The average molecular weight is 377 g/mol. The van der Waals surface area contributed by atoms with Crippen LogP contribution in [0.4, 0.5) is 9.52 Å². The van der Waals surface area contributed by atoms with Gasteiger partial charge in [-0.15, -0.1) is 0 Å². The van der Waals surface area contributed by atoms with Crippen LogP contribution in [0.5, 0.6) is 0 Å². The summed E-state index contributed by atoms with van der Waals surface area (Å²) in [4.78, 5) is 16.6. The number of hydrogen-bond acceptors (Lipinski definition) is 3. The van der Waals surface area contributed by atoms with E-state index in [1.165, 1.54) is 29.0 Å². The fourth-order valence-electron chi connectivity index (χ4n) is 2.58. The van der Waals surface area contributed by atoms with E-state index in [9.17, 15) is 9.18 Å². The first kappa shape index (κ1) is 17.8. The lowest BCUT2D eigenvalue weighted by Gasteiger charge is -2.05. The Bertz CT molecular complexity index is 889. The maximum absolute atomic E-state index is 13.8. The van der Waals surface area contributed by atoms with Gasteiger partial charge in [-0.3, -0.25) is 4.79 Å². The van der Waals surface area contributed by atoms with Gasteiger partial charge in [0.2, 0.25) is 5.91 Å². The highest BCUT2D eigenvalue weighted by Crippen LogP contribution is 2.28. The molecule has 0 saturated heterocycles. The van der Waals surface area contributed by atoms with Crippen molar-refractivity contribution in [1.82, 2.24) is 4.98 Å². The van der Waals surface area contributed by atoms with E-state index in [4.69, 9.17) is 11.6 Å². The summed E-state index contributed by atoms with van der Waals surface area (Å²) in [5, 5.41) is 3.50. The molecule has 25 heavy (non-hydrogen) atoms. The van der Waals surface area contributed by atoms with Crippen molar-refractivity contribution in [3.8, 4) is 0 Å². The van der Waals surface area contributed by atoms with Crippen LogP contribution in [0.2, 0.25) is 5.02 Å². The number of hydrogen-bond donors (Lipinski definition) is 1. The number of aromatic nitrogens is 1. The van der Waals surface area contributed by atoms with Gasteiger partial charge < -0.3 is 5.32 Å². The molecule has 1 aromatic heterocycles. The summed E-state index contributed by atoms with van der Waals surface area (Å²) in [5.74, 6) is -0.815. The summed E-state index contributed by atoms with van der Waals surface area (Å²) >= 11 is 7.39. The quantitative estimate of drug-likeness (QED) is 0.607. The summed E-state index contributed by atoms with van der Waals surface area (Å²) in [6.45, 7) is 2.17. The van der Waals surface area contributed by atoms with E-state index in [2.05, 4.69) is 29.4 Å². The van der Waals surface area contributed by atoms with Gasteiger partial charge in [0.15, 0.2) is 5.13 Å². The van der Waals surface area contributed by atoms with E-state index < -0.39 is 5.82 Å². The number of carbonyl (C=O) groups is 1. The Balaban J connectivity index is 1.73. The van der Waals surface area contributed by atoms with E-state index in [-0.39, 0.29) is 22.9 Å². The zero-order valence-corrected chi connectivity index (χ0v) is 15.4. The van der Waals surface area contributed by atoms with E-state index in [0.29, 0.717) is 5.13 Å². The van der Waals surface area contributed by atoms with Crippen LogP contribution < -0.4 is 5.32 Å². The number of nitrogens with one attached hydrogen (secondary N) is 1. The largest absolute Gasteiger partial charge is 0.302 e. The van der Waals surface area contributed by atoms with Crippen molar-refractivity contribution in [3.05, 3.63) is 58.4 Å². The molecule has 3 aromatic rings. The maximum atomic E-state index is 13.8. The standard InChI is InChI=1S/C19H18ClFN2OS/c1-2-3-5-12-8-9-16-17(10-12)25-19(22-16)23-18(24)11-13-14(20)6-4-7-15(13)21/h4,6-10H,2-3,5,11H2,1H3,(H,22,23,24). The third-order valence-electron chi connectivity index (χ3n) is 3.92. The van der Waals surface area contributed by atoms with E-state index in [1.807, 2.05) is 6.07 Å². The van der Waals surface area contributed by atoms with Gasteiger partial charge in [0.1, 0.15) is 5.82 Å². The lowest BCUT2D eigenvalue weighted by atomic mass is 10.1. The number of rotatable bonds is 6. The molecule has 0 spiro atoms. The van der Waals surface area contributed by atoms with Crippen LogP contribution in [0, 0.1) is 5.82 Å². The fourth-order valence-corrected chi connectivity index (χ4v) is 3.76. The molecule has 1 N–H and O–H groups in total. The Morgan fingerprint density at radius 1 is 1.32 bits per heavy atom.